The fourth-order valence-corrected chi connectivity index (χ4v) is 3.48. The highest BCUT2D eigenvalue weighted by Crippen LogP contribution is 2.29. The van der Waals surface area contributed by atoms with Crippen LogP contribution in [-0.4, -0.2) is 29.9 Å². The van der Waals surface area contributed by atoms with Gasteiger partial charge < -0.3 is 15.1 Å². The van der Waals surface area contributed by atoms with Gasteiger partial charge in [-0.05, 0) is 48.9 Å². The van der Waals surface area contributed by atoms with Crippen molar-refractivity contribution in [2.75, 3.05) is 13.1 Å². The van der Waals surface area contributed by atoms with Gasteiger partial charge in [-0.1, -0.05) is 45.0 Å². The zero-order chi connectivity index (χ0) is 18.2. The third-order valence-electron chi connectivity index (χ3n) is 5.11. The summed E-state index contributed by atoms with van der Waals surface area (Å²) < 4.78 is 5.86. The van der Waals surface area contributed by atoms with Crippen molar-refractivity contribution < 1.29 is 9.21 Å². The highest BCUT2D eigenvalue weighted by molar-refractivity contribution is 5.92. The maximum atomic E-state index is 12.7. The Morgan fingerprint density at radius 1 is 1.20 bits per heavy atom. The molecule has 0 radical (unpaired) electrons. The largest absolute Gasteiger partial charge is 0.451 e. The molecular weight excluding hydrogens is 312 g/mol. The molecule has 1 aliphatic rings. The maximum absolute atomic E-state index is 12.7. The van der Waals surface area contributed by atoms with Crippen molar-refractivity contribution in [1.29, 1.82) is 0 Å². The van der Waals surface area contributed by atoms with E-state index in [0.29, 0.717) is 24.8 Å². The lowest BCUT2D eigenvalue weighted by Crippen LogP contribution is -2.34. The van der Waals surface area contributed by atoms with Crippen molar-refractivity contribution >= 4 is 5.91 Å². The molecule has 0 bridgehead atoms. The van der Waals surface area contributed by atoms with E-state index in [-0.39, 0.29) is 17.4 Å². The topological polar surface area (TPSA) is 59.5 Å². The lowest BCUT2D eigenvalue weighted by Gasteiger charge is -2.20. The molecule has 2 unspecified atom stereocenters. The molecule has 0 spiro atoms. The fraction of sp³-hybridized carbons (Fsp3) is 0.476. The summed E-state index contributed by atoms with van der Waals surface area (Å²) in [5.74, 6) is 1.48. The lowest BCUT2D eigenvalue weighted by atomic mass is 9.86. The van der Waals surface area contributed by atoms with Gasteiger partial charge in [0.1, 0.15) is 5.76 Å². The Morgan fingerprint density at radius 3 is 2.44 bits per heavy atom. The number of amides is 1. The molecule has 1 saturated heterocycles. The van der Waals surface area contributed by atoms with Crippen molar-refractivity contribution in [3.05, 3.63) is 47.7 Å². The van der Waals surface area contributed by atoms with Gasteiger partial charge >= 0.3 is 0 Å². The van der Waals surface area contributed by atoms with Gasteiger partial charge in [0.05, 0.1) is 0 Å². The molecule has 0 aliphatic carbocycles. The summed E-state index contributed by atoms with van der Waals surface area (Å²) in [6.45, 7) is 9.99. The van der Waals surface area contributed by atoms with Crippen molar-refractivity contribution in [2.24, 2.45) is 11.7 Å². The second-order valence-electron chi connectivity index (χ2n) is 8.14. The van der Waals surface area contributed by atoms with E-state index in [2.05, 4.69) is 52.0 Å². The number of carbonyl (C=O) groups is 1. The Morgan fingerprint density at radius 2 is 1.88 bits per heavy atom. The van der Waals surface area contributed by atoms with E-state index in [1.54, 1.807) is 6.07 Å². The predicted octanol–water partition coefficient (Wildman–Crippen LogP) is 4.05. The quantitative estimate of drug-likeness (QED) is 0.917. The van der Waals surface area contributed by atoms with Crippen LogP contribution < -0.4 is 5.73 Å². The van der Waals surface area contributed by atoms with Crippen LogP contribution >= 0.6 is 0 Å². The van der Waals surface area contributed by atoms with Crippen LogP contribution in [-0.2, 0) is 5.41 Å². The highest BCUT2D eigenvalue weighted by Gasteiger charge is 2.33. The van der Waals surface area contributed by atoms with Gasteiger partial charge in [0.2, 0.25) is 0 Å². The number of nitrogens with zero attached hydrogens (tertiary/aromatic N) is 1. The third kappa shape index (κ3) is 3.64. The molecule has 134 valence electrons. The molecular formula is C21H28N2O2. The van der Waals surface area contributed by atoms with E-state index in [0.717, 1.165) is 17.7 Å². The number of carbonyl (C=O) groups excluding carboxylic acids is 1. The lowest BCUT2D eigenvalue weighted by molar-refractivity contribution is 0.0712. The first-order valence-electron chi connectivity index (χ1n) is 9.01. The molecule has 2 atom stereocenters. The Bertz CT molecular complexity index is 740. The monoisotopic (exact) mass is 340 g/mol. The van der Waals surface area contributed by atoms with E-state index in [1.807, 2.05) is 11.0 Å². The predicted molar refractivity (Wildman–Crippen MR) is 101 cm³/mol. The zero-order valence-corrected chi connectivity index (χ0v) is 15.6. The third-order valence-corrected chi connectivity index (χ3v) is 5.11. The number of furan rings is 1. The highest BCUT2D eigenvalue weighted by atomic mass is 16.4. The van der Waals surface area contributed by atoms with Gasteiger partial charge in [-0.3, -0.25) is 4.79 Å². The average molecular weight is 340 g/mol. The summed E-state index contributed by atoms with van der Waals surface area (Å²) in [6, 6.07) is 12.2. The van der Waals surface area contributed by atoms with E-state index in [1.165, 1.54) is 5.56 Å². The SMILES string of the molecule is CC1CC(CN)CN1C(=O)c1ccc(-c2ccc(C(C)(C)C)cc2)o1. The Hall–Kier alpha value is -2.07. The van der Waals surface area contributed by atoms with E-state index >= 15 is 0 Å². The minimum Gasteiger partial charge on any atom is -0.451 e. The van der Waals surface area contributed by atoms with Crippen LogP contribution in [0.1, 0.15) is 50.2 Å². The number of rotatable bonds is 3. The maximum Gasteiger partial charge on any atom is 0.289 e. The summed E-state index contributed by atoms with van der Waals surface area (Å²) in [5, 5.41) is 0. The van der Waals surface area contributed by atoms with E-state index < -0.39 is 0 Å². The first kappa shape index (κ1) is 17.7. The molecule has 1 aromatic carbocycles. The number of nitrogens with two attached hydrogens (primary N) is 1. The molecule has 25 heavy (non-hydrogen) atoms. The van der Waals surface area contributed by atoms with Crippen LogP contribution in [0.4, 0.5) is 0 Å². The summed E-state index contributed by atoms with van der Waals surface area (Å²) in [6.07, 6.45) is 0.962. The zero-order valence-electron chi connectivity index (χ0n) is 15.6. The van der Waals surface area contributed by atoms with E-state index in [4.69, 9.17) is 10.2 Å². The molecule has 2 aromatic rings. The first-order valence-corrected chi connectivity index (χ1v) is 9.01. The molecule has 2 N–H and O–H groups in total. The van der Waals surface area contributed by atoms with Gasteiger partial charge in [-0.25, -0.2) is 0 Å². The van der Waals surface area contributed by atoms with Gasteiger partial charge in [0.15, 0.2) is 5.76 Å². The summed E-state index contributed by atoms with van der Waals surface area (Å²) in [5.41, 5.74) is 8.14. The number of likely N-dealkylation sites (tertiary alicyclic amines) is 1. The molecule has 1 amide bonds. The van der Waals surface area contributed by atoms with Crippen LogP contribution in [0.3, 0.4) is 0 Å². The van der Waals surface area contributed by atoms with E-state index in [9.17, 15) is 4.79 Å². The average Bonchev–Trinajstić information content (AvgIpc) is 3.20. The molecule has 0 saturated carbocycles. The Labute approximate surface area is 150 Å². The minimum atomic E-state index is -0.0407. The molecule has 1 fully saturated rings. The Balaban J connectivity index is 1.77. The summed E-state index contributed by atoms with van der Waals surface area (Å²) >= 11 is 0. The number of hydrogen-bond donors (Lipinski definition) is 1. The molecule has 1 aliphatic heterocycles. The van der Waals surface area contributed by atoms with Crippen LogP contribution in [0.2, 0.25) is 0 Å². The standard InChI is InChI=1S/C21H28N2O2/c1-14-11-15(12-22)13-23(14)20(24)19-10-9-18(25-19)16-5-7-17(8-6-16)21(2,3)4/h5-10,14-15H,11-13,22H2,1-4H3. The van der Waals surface area contributed by atoms with Crippen molar-refractivity contribution in [3.63, 3.8) is 0 Å². The van der Waals surface area contributed by atoms with Gasteiger partial charge in [0.25, 0.3) is 5.91 Å². The number of hydrogen-bond acceptors (Lipinski definition) is 3. The van der Waals surface area contributed by atoms with Crippen molar-refractivity contribution in [1.82, 2.24) is 4.90 Å². The molecule has 1 aromatic heterocycles. The van der Waals surface area contributed by atoms with Crippen LogP contribution in [0.15, 0.2) is 40.8 Å². The van der Waals surface area contributed by atoms with Crippen molar-refractivity contribution in [3.8, 4) is 11.3 Å². The first-order chi connectivity index (χ1) is 11.8. The summed E-state index contributed by atoms with van der Waals surface area (Å²) in [4.78, 5) is 14.6. The van der Waals surface area contributed by atoms with Crippen LogP contribution in [0.25, 0.3) is 11.3 Å². The number of benzene rings is 1. The Kier molecular flexibility index (Phi) is 4.74. The molecule has 4 heteroatoms. The van der Waals surface area contributed by atoms with Crippen LogP contribution in [0, 0.1) is 5.92 Å². The van der Waals surface area contributed by atoms with Gasteiger partial charge in [-0.15, -0.1) is 0 Å². The van der Waals surface area contributed by atoms with Crippen LogP contribution in [0.5, 0.6) is 0 Å². The second-order valence-corrected chi connectivity index (χ2v) is 8.14. The smallest absolute Gasteiger partial charge is 0.289 e. The van der Waals surface area contributed by atoms with Gasteiger partial charge in [0, 0.05) is 18.2 Å². The molecule has 4 nitrogen and oxygen atoms in total. The normalized spacial score (nSPS) is 20.9. The van der Waals surface area contributed by atoms with Crippen molar-refractivity contribution in [2.45, 2.75) is 45.6 Å². The minimum absolute atomic E-state index is 0.0407. The fourth-order valence-electron chi connectivity index (χ4n) is 3.48. The molecule has 2 heterocycles. The molecule has 3 rings (SSSR count). The summed E-state index contributed by atoms with van der Waals surface area (Å²) in [7, 11) is 0. The van der Waals surface area contributed by atoms with Gasteiger partial charge in [-0.2, -0.15) is 0 Å². The second kappa shape index (κ2) is 6.68.